The second kappa shape index (κ2) is 7.83. The van der Waals surface area contributed by atoms with Crippen LogP contribution in [0, 0.1) is 22.0 Å². The van der Waals surface area contributed by atoms with Crippen LogP contribution in [0.1, 0.15) is 39.8 Å². The van der Waals surface area contributed by atoms with Gasteiger partial charge in [-0.15, -0.1) is 0 Å². The van der Waals surface area contributed by atoms with Gasteiger partial charge in [0.2, 0.25) is 0 Å². The third-order valence-electron chi connectivity index (χ3n) is 7.72. The standard InChI is InChI=1S/C29H19N3O5/c33-28-26-24-17-7-1-2-8-18(17)25(20-10-4-3-9-19(20)24)27(26)29(34)31(28)30-15-16-13-14-23(37-16)21-11-5-6-12-22(21)32(35)36/h1-15,24-27H/b30-15-/t24?,25?,26-,27-/m1/s1. The van der Waals surface area contributed by atoms with Crippen molar-refractivity contribution in [1.82, 2.24) is 5.01 Å². The lowest BCUT2D eigenvalue weighted by Crippen LogP contribution is -2.41. The van der Waals surface area contributed by atoms with Crippen LogP contribution in [0.5, 0.6) is 0 Å². The lowest BCUT2D eigenvalue weighted by molar-refractivity contribution is -0.384. The first-order valence-corrected chi connectivity index (χ1v) is 12.0. The third kappa shape index (κ3) is 2.99. The average molecular weight is 489 g/mol. The maximum atomic E-state index is 13.6. The number of nitro groups is 1. The molecule has 1 fully saturated rings. The van der Waals surface area contributed by atoms with Gasteiger partial charge >= 0.3 is 0 Å². The summed E-state index contributed by atoms with van der Waals surface area (Å²) in [5, 5.41) is 16.6. The summed E-state index contributed by atoms with van der Waals surface area (Å²) < 4.78 is 5.76. The Bertz CT molecular complexity index is 1540. The van der Waals surface area contributed by atoms with Crippen LogP contribution in [-0.2, 0) is 9.59 Å². The van der Waals surface area contributed by atoms with Crippen molar-refractivity contribution >= 4 is 23.7 Å². The highest BCUT2D eigenvalue weighted by Crippen LogP contribution is 2.60. The normalized spacial score (nSPS) is 23.3. The average Bonchev–Trinajstić information content (AvgIpc) is 3.50. The molecule has 1 aliphatic heterocycles. The number of benzene rings is 3. The molecule has 4 aromatic rings. The molecular formula is C29H19N3O5. The molecule has 0 N–H and O–H groups in total. The van der Waals surface area contributed by atoms with Crippen LogP contribution >= 0.6 is 0 Å². The Hall–Kier alpha value is -4.85. The minimum absolute atomic E-state index is 0.0797. The van der Waals surface area contributed by atoms with E-state index in [1.165, 1.54) is 12.3 Å². The number of amides is 2. The molecule has 0 saturated carbocycles. The van der Waals surface area contributed by atoms with E-state index in [2.05, 4.69) is 29.4 Å². The molecule has 8 heteroatoms. The molecule has 2 atom stereocenters. The van der Waals surface area contributed by atoms with Crippen LogP contribution in [0.2, 0.25) is 0 Å². The summed E-state index contributed by atoms with van der Waals surface area (Å²) >= 11 is 0. The second-order valence-electron chi connectivity index (χ2n) is 9.47. The highest BCUT2D eigenvalue weighted by molar-refractivity contribution is 6.08. The van der Waals surface area contributed by atoms with E-state index in [0.29, 0.717) is 11.3 Å². The molecular weight excluding hydrogens is 470 g/mol. The number of imide groups is 1. The number of nitrogens with zero attached hydrogens (tertiary/aromatic N) is 3. The van der Waals surface area contributed by atoms with Crippen molar-refractivity contribution in [3.8, 4) is 11.3 Å². The summed E-state index contributed by atoms with van der Waals surface area (Å²) in [5.41, 5.74) is 4.64. The van der Waals surface area contributed by atoms with Crippen LogP contribution < -0.4 is 0 Å². The zero-order chi connectivity index (χ0) is 25.3. The Balaban J connectivity index is 1.23. The molecule has 0 unspecified atom stereocenters. The molecule has 0 spiro atoms. The van der Waals surface area contributed by atoms with Crippen LogP contribution in [0.15, 0.2) is 94.4 Å². The number of nitro benzene ring substituents is 1. The predicted octanol–water partition coefficient (Wildman–Crippen LogP) is 5.08. The van der Waals surface area contributed by atoms with Crippen molar-refractivity contribution in [2.45, 2.75) is 11.8 Å². The van der Waals surface area contributed by atoms with E-state index in [-0.39, 0.29) is 35.1 Å². The molecule has 3 aliphatic carbocycles. The van der Waals surface area contributed by atoms with Gasteiger partial charge in [0.25, 0.3) is 17.5 Å². The quantitative estimate of drug-likeness (QED) is 0.172. The van der Waals surface area contributed by atoms with Crippen molar-refractivity contribution in [2.75, 3.05) is 0 Å². The zero-order valence-electron chi connectivity index (χ0n) is 19.4. The first-order valence-electron chi connectivity index (χ1n) is 12.0. The Morgan fingerprint density at radius 3 is 1.81 bits per heavy atom. The van der Waals surface area contributed by atoms with E-state index < -0.39 is 16.8 Å². The Kier molecular flexibility index (Phi) is 4.53. The zero-order valence-corrected chi connectivity index (χ0v) is 19.4. The lowest BCUT2D eigenvalue weighted by Gasteiger charge is -2.45. The van der Waals surface area contributed by atoms with E-state index >= 15 is 0 Å². The summed E-state index contributed by atoms with van der Waals surface area (Å²) in [4.78, 5) is 38.1. The monoisotopic (exact) mass is 489 g/mol. The Labute approximate surface area is 211 Å². The fourth-order valence-electron chi connectivity index (χ4n) is 6.30. The molecule has 1 saturated heterocycles. The summed E-state index contributed by atoms with van der Waals surface area (Å²) in [7, 11) is 0. The van der Waals surface area contributed by atoms with Gasteiger partial charge in [-0.1, -0.05) is 60.7 Å². The minimum atomic E-state index is -0.515. The van der Waals surface area contributed by atoms with Crippen molar-refractivity contribution < 1.29 is 18.9 Å². The van der Waals surface area contributed by atoms with Gasteiger partial charge < -0.3 is 4.42 Å². The molecule has 37 heavy (non-hydrogen) atoms. The molecule has 0 radical (unpaired) electrons. The fraction of sp³-hybridized carbons (Fsp3) is 0.138. The number of rotatable bonds is 4. The van der Waals surface area contributed by atoms with Gasteiger partial charge in [-0.2, -0.15) is 10.1 Å². The molecule has 8 rings (SSSR count). The number of hydrogen-bond acceptors (Lipinski definition) is 6. The first kappa shape index (κ1) is 21.4. The summed E-state index contributed by atoms with van der Waals surface area (Å²) in [5.74, 6) is -1.51. The topological polar surface area (TPSA) is 106 Å². The Morgan fingerprint density at radius 2 is 1.27 bits per heavy atom. The smallest absolute Gasteiger partial charge is 0.280 e. The number of para-hydroxylation sites is 1. The predicted molar refractivity (Wildman–Crippen MR) is 134 cm³/mol. The number of hydrogen-bond donors (Lipinski definition) is 0. The second-order valence-corrected chi connectivity index (χ2v) is 9.47. The molecule has 1 aromatic heterocycles. The van der Waals surface area contributed by atoms with Crippen molar-refractivity contribution in [2.24, 2.45) is 16.9 Å². The molecule has 8 nitrogen and oxygen atoms in total. The molecule has 180 valence electrons. The van der Waals surface area contributed by atoms with Gasteiger partial charge in [-0.25, -0.2) is 0 Å². The largest absolute Gasteiger partial charge is 0.455 e. The van der Waals surface area contributed by atoms with E-state index in [4.69, 9.17) is 4.42 Å². The number of carbonyl (C=O) groups excluding carboxylic acids is 2. The van der Waals surface area contributed by atoms with Crippen LogP contribution in [0.4, 0.5) is 5.69 Å². The van der Waals surface area contributed by atoms with Gasteiger partial charge in [0, 0.05) is 17.9 Å². The highest BCUT2D eigenvalue weighted by Gasteiger charge is 2.61. The summed E-state index contributed by atoms with van der Waals surface area (Å²) in [6.07, 6.45) is 1.31. The molecule has 2 heterocycles. The number of furan rings is 1. The third-order valence-corrected chi connectivity index (χ3v) is 7.72. The maximum absolute atomic E-state index is 13.6. The van der Waals surface area contributed by atoms with Gasteiger partial charge in [-0.3, -0.25) is 19.7 Å². The molecule has 2 bridgehead atoms. The number of carbonyl (C=O) groups is 2. The van der Waals surface area contributed by atoms with Crippen molar-refractivity contribution in [3.63, 3.8) is 0 Å². The highest BCUT2D eigenvalue weighted by atomic mass is 16.6. The molecule has 2 amide bonds. The fourth-order valence-corrected chi connectivity index (χ4v) is 6.30. The van der Waals surface area contributed by atoms with E-state index in [1.807, 2.05) is 24.3 Å². The molecule has 3 aromatic carbocycles. The lowest BCUT2D eigenvalue weighted by atomic mass is 9.55. The van der Waals surface area contributed by atoms with E-state index in [1.54, 1.807) is 30.3 Å². The summed E-state index contributed by atoms with van der Waals surface area (Å²) in [6.45, 7) is 0. The minimum Gasteiger partial charge on any atom is -0.455 e. The maximum Gasteiger partial charge on any atom is 0.280 e. The van der Waals surface area contributed by atoms with Gasteiger partial charge in [0.15, 0.2) is 0 Å². The van der Waals surface area contributed by atoms with Gasteiger partial charge in [0.1, 0.15) is 11.5 Å². The van der Waals surface area contributed by atoms with Crippen molar-refractivity contribution in [3.05, 3.63) is 123 Å². The molecule has 4 aliphatic rings. The van der Waals surface area contributed by atoms with Gasteiger partial charge in [-0.05, 0) is 40.5 Å². The summed E-state index contributed by atoms with van der Waals surface area (Å²) in [6, 6.07) is 25.6. The van der Waals surface area contributed by atoms with Crippen molar-refractivity contribution in [1.29, 1.82) is 0 Å². The first-order chi connectivity index (χ1) is 18.0. The van der Waals surface area contributed by atoms with Crippen LogP contribution in [0.3, 0.4) is 0 Å². The Morgan fingerprint density at radius 1 is 0.757 bits per heavy atom. The van der Waals surface area contributed by atoms with Gasteiger partial charge in [0.05, 0.1) is 28.5 Å². The van der Waals surface area contributed by atoms with Crippen LogP contribution in [0.25, 0.3) is 11.3 Å². The van der Waals surface area contributed by atoms with E-state index in [0.717, 1.165) is 27.3 Å². The van der Waals surface area contributed by atoms with E-state index in [9.17, 15) is 19.7 Å². The SMILES string of the molecule is O=C1[C@@H]2C3c4ccccc4C(c4ccccc43)[C@H]2C(=O)N1/N=C\c1ccc(-c2ccccc2[N+](=O)[O-])o1. The number of hydrazone groups is 1. The van der Waals surface area contributed by atoms with Crippen LogP contribution in [-0.4, -0.2) is 28.0 Å².